The molecule has 0 atom stereocenters. The molecule has 148 valence electrons. The molecule has 7 nitrogen and oxygen atoms in total. The zero-order valence-corrected chi connectivity index (χ0v) is 16.7. The average Bonchev–Trinajstić information content (AvgIpc) is 2.53. The van der Waals surface area contributed by atoms with Crippen LogP contribution in [0.2, 0.25) is 0 Å². The number of fused-ring (bicyclic) bond motifs is 3. The van der Waals surface area contributed by atoms with Crippen molar-refractivity contribution in [3.05, 3.63) is 12.2 Å². The van der Waals surface area contributed by atoms with E-state index in [2.05, 4.69) is 10.6 Å². The van der Waals surface area contributed by atoms with Crippen molar-refractivity contribution in [1.82, 2.24) is 15.5 Å². The molecular weight excluding hydrogens is 334 g/mol. The zero-order valence-electron chi connectivity index (χ0n) is 16.7. The standard InChI is InChI=1S/C19H33N3O4/c1-17(2,3)26-16(24)20-13-19-10-8-18(9-11-19,14-25-19)21-15(23)7-6-12-22(4)5/h6-7H,8-14H2,1-5H3,(H,20,24)(H,21,23)/b7-6+. The van der Waals surface area contributed by atoms with Gasteiger partial charge in [0.15, 0.2) is 0 Å². The van der Waals surface area contributed by atoms with Crippen molar-refractivity contribution in [2.24, 2.45) is 0 Å². The smallest absolute Gasteiger partial charge is 0.407 e. The van der Waals surface area contributed by atoms with Gasteiger partial charge >= 0.3 is 6.09 Å². The number of hydrogen-bond donors (Lipinski definition) is 2. The maximum atomic E-state index is 12.2. The average molecular weight is 367 g/mol. The largest absolute Gasteiger partial charge is 0.444 e. The van der Waals surface area contributed by atoms with Crippen LogP contribution in [-0.4, -0.2) is 67.4 Å². The third-order valence-electron chi connectivity index (χ3n) is 4.85. The van der Waals surface area contributed by atoms with E-state index in [1.807, 2.05) is 45.8 Å². The first-order valence-electron chi connectivity index (χ1n) is 9.28. The van der Waals surface area contributed by atoms with Crippen LogP contribution in [0.15, 0.2) is 12.2 Å². The molecule has 0 aromatic rings. The van der Waals surface area contributed by atoms with Gasteiger partial charge in [0.05, 0.1) is 17.7 Å². The van der Waals surface area contributed by atoms with Crippen LogP contribution in [0, 0.1) is 0 Å². The monoisotopic (exact) mass is 367 g/mol. The lowest BCUT2D eigenvalue weighted by atomic mass is 9.71. The highest BCUT2D eigenvalue weighted by Crippen LogP contribution is 2.43. The Bertz CT molecular complexity index is 527. The van der Waals surface area contributed by atoms with Crippen LogP contribution in [0.25, 0.3) is 0 Å². The van der Waals surface area contributed by atoms with Gasteiger partial charge < -0.3 is 25.0 Å². The third kappa shape index (κ3) is 5.99. The number of hydrogen-bond acceptors (Lipinski definition) is 5. The van der Waals surface area contributed by atoms with Gasteiger partial charge in [0.1, 0.15) is 5.60 Å². The molecule has 2 saturated heterocycles. The highest BCUT2D eigenvalue weighted by atomic mass is 16.6. The molecule has 1 saturated carbocycles. The van der Waals surface area contributed by atoms with E-state index in [4.69, 9.17) is 9.47 Å². The predicted octanol–water partition coefficient (Wildman–Crippen LogP) is 1.83. The van der Waals surface area contributed by atoms with Gasteiger partial charge in [0.2, 0.25) is 5.91 Å². The van der Waals surface area contributed by atoms with Gasteiger partial charge in [0.25, 0.3) is 0 Å². The fourth-order valence-electron chi connectivity index (χ4n) is 3.37. The van der Waals surface area contributed by atoms with Crippen molar-refractivity contribution >= 4 is 12.0 Å². The normalized spacial score (nSPS) is 28.4. The molecule has 26 heavy (non-hydrogen) atoms. The first kappa shape index (κ1) is 20.7. The Morgan fingerprint density at radius 1 is 1.19 bits per heavy atom. The topological polar surface area (TPSA) is 79.9 Å². The van der Waals surface area contributed by atoms with E-state index in [1.54, 1.807) is 6.08 Å². The van der Waals surface area contributed by atoms with Gasteiger partial charge in [-0.25, -0.2) is 4.79 Å². The number of nitrogens with one attached hydrogen (secondary N) is 2. The molecule has 0 radical (unpaired) electrons. The van der Waals surface area contributed by atoms with Crippen LogP contribution in [0.5, 0.6) is 0 Å². The van der Waals surface area contributed by atoms with E-state index in [0.29, 0.717) is 13.2 Å². The van der Waals surface area contributed by atoms with Crippen LogP contribution in [-0.2, 0) is 14.3 Å². The second-order valence-electron chi connectivity index (χ2n) is 8.76. The van der Waals surface area contributed by atoms with Crippen molar-refractivity contribution in [2.45, 2.75) is 63.2 Å². The van der Waals surface area contributed by atoms with Crippen LogP contribution >= 0.6 is 0 Å². The van der Waals surface area contributed by atoms with E-state index >= 15 is 0 Å². The van der Waals surface area contributed by atoms with E-state index in [-0.39, 0.29) is 17.0 Å². The van der Waals surface area contributed by atoms with Crippen LogP contribution in [0.3, 0.4) is 0 Å². The molecule has 3 aliphatic rings. The molecule has 2 aliphatic heterocycles. The molecule has 2 N–H and O–H groups in total. The Morgan fingerprint density at radius 3 is 2.35 bits per heavy atom. The lowest BCUT2D eigenvalue weighted by molar-refractivity contribution is -0.163. The summed E-state index contributed by atoms with van der Waals surface area (Å²) in [5.74, 6) is -0.0725. The highest BCUT2D eigenvalue weighted by Gasteiger charge is 2.50. The minimum Gasteiger partial charge on any atom is -0.444 e. The number of likely N-dealkylation sites (N-methyl/N-ethyl adjacent to an activating group) is 1. The van der Waals surface area contributed by atoms with E-state index in [1.165, 1.54) is 0 Å². The number of rotatable bonds is 6. The number of amides is 2. The maximum Gasteiger partial charge on any atom is 0.407 e. The summed E-state index contributed by atoms with van der Waals surface area (Å²) in [4.78, 5) is 26.0. The fraction of sp³-hybridized carbons (Fsp3) is 0.789. The quantitative estimate of drug-likeness (QED) is 0.700. The van der Waals surface area contributed by atoms with Crippen molar-refractivity contribution in [1.29, 1.82) is 0 Å². The molecule has 2 amide bonds. The number of ether oxygens (including phenoxy) is 2. The van der Waals surface area contributed by atoms with Crippen LogP contribution in [0.1, 0.15) is 46.5 Å². The van der Waals surface area contributed by atoms with Gasteiger partial charge in [-0.15, -0.1) is 0 Å². The van der Waals surface area contributed by atoms with E-state index < -0.39 is 11.7 Å². The van der Waals surface area contributed by atoms with Gasteiger partial charge in [-0.2, -0.15) is 0 Å². The van der Waals surface area contributed by atoms with Crippen molar-refractivity contribution < 1.29 is 19.1 Å². The molecule has 0 spiro atoms. The summed E-state index contributed by atoms with van der Waals surface area (Å²) in [6.07, 6.45) is 6.36. The summed E-state index contributed by atoms with van der Waals surface area (Å²) >= 11 is 0. The van der Waals surface area contributed by atoms with Gasteiger partial charge in [-0.3, -0.25) is 4.79 Å². The predicted molar refractivity (Wildman–Crippen MR) is 100.0 cm³/mol. The Morgan fingerprint density at radius 2 is 1.85 bits per heavy atom. The SMILES string of the molecule is CN(C)C/C=C/C(=O)NC12CCC(CNC(=O)OC(C)(C)C)(CC1)OC2. The van der Waals surface area contributed by atoms with Crippen LogP contribution in [0.4, 0.5) is 4.79 Å². The van der Waals surface area contributed by atoms with E-state index in [0.717, 1.165) is 32.2 Å². The maximum absolute atomic E-state index is 12.2. The highest BCUT2D eigenvalue weighted by molar-refractivity contribution is 5.88. The Hall–Kier alpha value is -1.60. The van der Waals surface area contributed by atoms with Gasteiger partial charge in [0, 0.05) is 19.2 Å². The summed E-state index contributed by atoms with van der Waals surface area (Å²) in [6.45, 7) is 7.17. The summed E-state index contributed by atoms with van der Waals surface area (Å²) in [5.41, 5.74) is -1.14. The Balaban J connectivity index is 1.81. The summed E-state index contributed by atoms with van der Waals surface area (Å²) in [6, 6.07) is 0. The molecule has 1 aliphatic carbocycles. The molecule has 3 fully saturated rings. The van der Waals surface area contributed by atoms with Crippen molar-refractivity contribution in [3.63, 3.8) is 0 Å². The molecule has 0 aromatic heterocycles. The first-order chi connectivity index (χ1) is 12.0. The number of carbonyl (C=O) groups is 2. The van der Waals surface area contributed by atoms with Gasteiger partial charge in [-0.05, 0) is 60.5 Å². The Kier molecular flexibility index (Phi) is 6.34. The lowest BCUT2D eigenvalue weighted by Gasteiger charge is -2.53. The number of carbonyl (C=O) groups excluding carboxylic acids is 2. The minimum atomic E-state index is -0.513. The van der Waals surface area contributed by atoms with Crippen molar-refractivity contribution in [3.8, 4) is 0 Å². The minimum absolute atomic E-state index is 0.0725. The van der Waals surface area contributed by atoms with Crippen molar-refractivity contribution in [2.75, 3.05) is 33.8 Å². The third-order valence-corrected chi connectivity index (χ3v) is 4.85. The fourth-order valence-corrected chi connectivity index (χ4v) is 3.37. The summed E-state index contributed by atoms with van der Waals surface area (Å²) < 4.78 is 11.4. The molecule has 2 heterocycles. The summed E-state index contributed by atoms with van der Waals surface area (Å²) in [5, 5.41) is 5.95. The first-order valence-corrected chi connectivity index (χ1v) is 9.28. The second kappa shape index (κ2) is 7.96. The number of nitrogens with zero attached hydrogens (tertiary/aromatic N) is 1. The van der Waals surface area contributed by atoms with E-state index in [9.17, 15) is 9.59 Å². The molecule has 7 heteroatoms. The molecule has 0 aromatic carbocycles. The molecule has 2 bridgehead atoms. The second-order valence-corrected chi connectivity index (χ2v) is 8.76. The lowest BCUT2D eigenvalue weighted by Crippen LogP contribution is -2.65. The summed E-state index contributed by atoms with van der Waals surface area (Å²) in [7, 11) is 3.92. The molecule has 0 unspecified atom stereocenters. The molecular formula is C19H33N3O4. The Labute approximate surface area is 156 Å². The zero-order chi connectivity index (χ0) is 19.4. The molecule has 3 rings (SSSR count). The number of alkyl carbamates (subject to hydrolysis) is 1. The van der Waals surface area contributed by atoms with Gasteiger partial charge in [-0.1, -0.05) is 6.08 Å². The van der Waals surface area contributed by atoms with Crippen LogP contribution < -0.4 is 10.6 Å².